The summed E-state index contributed by atoms with van der Waals surface area (Å²) in [5.41, 5.74) is 0.774. The van der Waals surface area contributed by atoms with Crippen LogP contribution in [-0.2, 0) is 24.8 Å². The number of hydrogen-bond donors (Lipinski definition) is 2. The van der Waals surface area contributed by atoms with Gasteiger partial charge in [0.1, 0.15) is 5.58 Å². The number of aryl methyl sites for hydroxylation is 1. The zero-order valence-electron chi connectivity index (χ0n) is 18.4. The van der Waals surface area contributed by atoms with Crippen LogP contribution < -0.4 is 9.44 Å². The van der Waals surface area contributed by atoms with Gasteiger partial charge in [-0.25, -0.2) is 13.2 Å². The maximum atomic E-state index is 13.1. The molecule has 0 fully saturated rings. The molecule has 4 rings (SSSR count). The highest BCUT2D eigenvalue weighted by Crippen LogP contribution is 2.32. The molecule has 0 atom stereocenters. The van der Waals surface area contributed by atoms with E-state index >= 15 is 0 Å². The van der Waals surface area contributed by atoms with Crippen molar-refractivity contribution in [3.8, 4) is 0 Å². The molecule has 9 nitrogen and oxygen atoms in total. The second-order valence-corrected chi connectivity index (χ2v) is 11.2. The number of carbonyl (C=O) groups excluding carboxylic acids is 1. The van der Waals surface area contributed by atoms with E-state index in [1.807, 2.05) is 0 Å². The Labute approximate surface area is 206 Å². The number of nitrogens with one attached hydrogen (secondary N) is 2. The lowest BCUT2D eigenvalue weighted by molar-refractivity contribution is 0.0599. The molecule has 2 N–H and O–H groups in total. The number of rotatable bonds is 7. The lowest BCUT2D eigenvalue weighted by Crippen LogP contribution is -2.18. The van der Waals surface area contributed by atoms with Gasteiger partial charge in [0, 0.05) is 16.5 Å². The van der Waals surface area contributed by atoms with E-state index in [1.54, 1.807) is 31.2 Å². The number of furan rings is 1. The summed E-state index contributed by atoms with van der Waals surface area (Å²) in [5.74, 6) is -0.690. The maximum absolute atomic E-state index is 13.1. The van der Waals surface area contributed by atoms with Crippen molar-refractivity contribution in [1.82, 2.24) is 0 Å². The van der Waals surface area contributed by atoms with Crippen LogP contribution in [0.1, 0.15) is 15.9 Å². The highest BCUT2D eigenvalue weighted by molar-refractivity contribution is 7.93. The molecular formula is C23H19ClN2O7S2. The molecule has 1 heterocycles. The second-order valence-electron chi connectivity index (χ2n) is 7.47. The summed E-state index contributed by atoms with van der Waals surface area (Å²) in [5, 5.41) is 0.396. The van der Waals surface area contributed by atoms with E-state index in [-0.39, 0.29) is 31.9 Å². The predicted octanol–water partition coefficient (Wildman–Crippen LogP) is 4.78. The molecule has 12 heteroatoms. The summed E-state index contributed by atoms with van der Waals surface area (Å²) >= 11 is 6.05. The molecule has 0 aliphatic heterocycles. The number of carbonyl (C=O) groups is 1. The minimum Gasteiger partial charge on any atom is -0.465 e. The number of fused-ring (bicyclic) bond motifs is 1. The summed E-state index contributed by atoms with van der Waals surface area (Å²) in [6.45, 7) is 1.64. The zero-order chi connectivity index (χ0) is 25.4. The number of benzene rings is 3. The van der Waals surface area contributed by atoms with Crippen LogP contribution in [0.25, 0.3) is 11.0 Å². The number of anilines is 2. The summed E-state index contributed by atoms with van der Waals surface area (Å²) in [6.07, 6.45) is 0. The van der Waals surface area contributed by atoms with Gasteiger partial charge in [0.05, 0.1) is 28.9 Å². The van der Waals surface area contributed by atoms with Crippen LogP contribution in [0.5, 0.6) is 0 Å². The van der Waals surface area contributed by atoms with Crippen LogP contribution in [0.2, 0.25) is 5.02 Å². The lowest BCUT2D eigenvalue weighted by atomic mass is 10.1. The molecule has 3 aromatic carbocycles. The molecule has 0 bridgehead atoms. The van der Waals surface area contributed by atoms with Gasteiger partial charge in [-0.05, 0) is 48.9 Å². The molecule has 0 unspecified atom stereocenters. The lowest BCUT2D eigenvalue weighted by Gasteiger charge is -2.15. The number of hydrogen-bond acceptors (Lipinski definition) is 7. The number of ether oxygens (including phenoxy) is 1. The van der Waals surface area contributed by atoms with Crippen molar-refractivity contribution in [2.24, 2.45) is 0 Å². The van der Waals surface area contributed by atoms with Gasteiger partial charge in [0.2, 0.25) is 5.09 Å². The van der Waals surface area contributed by atoms with E-state index in [0.717, 1.165) is 0 Å². The molecule has 0 spiro atoms. The fourth-order valence-electron chi connectivity index (χ4n) is 3.28. The van der Waals surface area contributed by atoms with Crippen molar-refractivity contribution in [2.75, 3.05) is 16.6 Å². The predicted molar refractivity (Wildman–Crippen MR) is 132 cm³/mol. The monoisotopic (exact) mass is 534 g/mol. The zero-order valence-corrected chi connectivity index (χ0v) is 20.8. The van der Waals surface area contributed by atoms with E-state index in [0.29, 0.717) is 16.5 Å². The maximum Gasteiger partial charge on any atom is 0.338 e. The first kappa shape index (κ1) is 24.6. The molecule has 1 aromatic heterocycles. The number of para-hydroxylation sites is 1. The van der Waals surface area contributed by atoms with E-state index in [4.69, 9.17) is 20.8 Å². The van der Waals surface area contributed by atoms with Crippen LogP contribution in [0.4, 0.5) is 11.4 Å². The standard InChI is InChI=1S/C23H19ClN2O7S2/c1-14-7-9-17(13-18(14)23(27)32-2)34(28,29)25-19-10-8-16(24)12-20(19)26-35(30,31)22-11-15-5-3-4-6-21(15)33-22/h3-13,25-26H,1-2H3. The first-order valence-electron chi connectivity index (χ1n) is 10.0. The van der Waals surface area contributed by atoms with E-state index < -0.39 is 26.0 Å². The molecule has 0 radical (unpaired) electrons. The molecule has 0 aliphatic carbocycles. The van der Waals surface area contributed by atoms with Crippen molar-refractivity contribution in [3.63, 3.8) is 0 Å². The third-order valence-corrected chi connectivity index (χ3v) is 7.88. The van der Waals surface area contributed by atoms with Gasteiger partial charge in [-0.1, -0.05) is 35.9 Å². The van der Waals surface area contributed by atoms with Gasteiger partial charge < -0.3 is 9.15 Å². The van der Waals surface area contributed by atoms with Crippen molar-refractivity contribution in [1.29, 1.82) is 0 Å². The Bertz CT molecular complexity index is 1630. The third-order valence-electron chi connectivity index (χ3n) is 5.06. The average Bonchev–Trinajstić information content (AvgIpc) is 3.26. The smallest absolute Gasteiger partial charge is 0.338 e. The number of methoxy groups -OCH3 is 1. The molecule has 35 heavy (non-hydrogen) atoms. The second kappa shape index (κ2) is 9.25. The molecule has 0 aliphatic rings. The molecule has 0 saturated heterocycles. The molecule has 0 amide bonds. The summed E-state index contributed by atoms with van der Waals surface area (Å²) in [7, 11) is -7.27. The molecule has 4 aromatic rings. The van der Waals surface area contributed by atoms with Crippen molar-refractivity contribution < 1.29 is 30.8 Å². The molecular weight excluding hydrogens is 516 g/mol. The van der Waals surface area contributed by atoms with Gasteiger partial charge in [0.15, 0.2) is 0 Å². The topological polar surface area (TPSA) is 132 Å². The number of esters is 1. The summed E-state index contributed by atoms with van der Waals surface area (Å²) < 4.78 is 66.9. The average molecular weight is 535 g/mol. The van der Waals surface area contributed by atoms with Gasteiger partial charge in [0.25, 0.3) is 20.0 Å². The van der Waals surface area contributed by atoms with Gasteiger partial charge in [-0.2, -0.15) is 8.42 Å². The quantitative estimate of drug-likeness (QED) is 0.326. The Morgan fingerprint density at radius 1 is 0.886 bits per heavy atom. The Hall–Kier alpha value is -3.54. The SMILES string of the molecule is COC(=O)c1cc(S(=O)(=O)Nc2ccc(Cl)cc2NS(=O)(=O)c2cc3ccccc3o2)ccc1C. The largest absolute Gasteiger partial charge is 0.465 e. The highest BCUT2D eigenvalue weighted by Gasteiger charge is 2.24. The third kappa shape index (κ3) is 5.11. The molecule has 182 valence electrons. The van der Waals surface area contributed by atoms with Crippen LogP contribution in [0.15, 0.2) is 81.1 Å². The Morgan fingerprint density at radius 3 is 2.31 bits per heavy atom. The van der Waals surface area contributed by atoms with E-state index in [1.165, 1.54) is 49.6 Å². The number of sulfonamides is 2. The highest BCUT2D eigenvalue weighted by atomic mass is 35.5. The normalized spacial score (nSPS) is 11.9. The minimum absolute atomic E-state index is 0.0808. The first-order valence-corrected chi connectivity index (χ1v) is 13.4. The Kier molecular flexibility index (Phi) is 6.50. The Balaban J connectivity index is 1.69. The van der Waals surface area contributed by atoms with Crippen molar-refractivity contribution in [2.45, 2.75) is 16.9 Å². The van der Waals surface area contributed by atoms with Crippen LogP contribution in [0, 0.1) is 6.92 Å². The van der Waals surface area contributed by atoms with Crippen molar-refractivity contribution in [3.05, 3.63) is 82.9 Å². The first-order chi connectivity index (χ1) is 16.5. The minimum atomic E-state index is -4.23. The fraction of sp³-hybridized carbons (Fsp3) is 0.0870. The van der Waals surface area contributed by atoms with Crippen LogP contribution in [0.3, 0.4) is 0 Å². The summed E-state index contributed by atoms with van der Waals surface area (Å²) in [4.78, 5) is 11.8. The fourth-order valence-corrected chi connectivity index (χ4v) is 5.60. The Morgan fingerprint density at radius 2 is 1.60 bits per heavy atom. The van der Waals surface area contributed by atoms with Gasteiger partial charge >= 0.3 is 5.97 Å². The van der Waals surface area contributed by atoms with Gasteiger partial charge in [-0.15, -0.1) is 0 Å². The van der Waals surface area contributed by atoms with Crippen LogP contribution in [-0.4, -0.2) is 29.9 Å². The number of halogens is 1. The van der Waals surface area contributed by atoms with Crippen LogP contribution >= 0.6 is 11.6 Å². The van der Waals surface area contributed by atoms with E-state index in [9.17, 15) is 21.6 Å². The summed E-state index contributed by atoms with van der Waals surface area (Å²) in [6, 6.07) is 16.0. The van der Waals surface area contributed by atoms with Crippen molar-refractivity contribution >= 4 is 60.0 Å². The van der Waals surface area contributed by atoms with Gasteiger partial charge in [-0.3, -0.25) is 9.44 Å². The van der Waals surface area contributed by atoms with E-state index in [2.05, 4.69) is 9.44 Å². The molecule has 0 saturated carbocycles.